The molecule has 0 saturated heterocycles. The predicted molar refractivity (Wildman–Crippen MR) is 106 cm³/mol. The van der Waals surface area contributed by atoms with E-state index in [9.17, 15) is 4.79 Å². The van der Waals surface area contributed by atoms with Crippen LogP contribution in [0.5, 0.6) is 0 Å². The van der Waals surface area contributed by atoms with Gasteiger partial charge in [0.1, 0.15) is 0 Å². The van der Waals surface area contributed by atoms with E-state index in [0.717, 1.165) is 11.3 Å². The standard InChI is InChI=1S/C21H24N4O2/c1-14(2)16-7-5-15(6-8-16)13-19-23-24-21(27-19)22-20(26)17-9-11-18(12-10-17)25(3)4/h5-12,14H,13H2,1-4H3,(H,22,24,26). The van der Waals surface area contributed by atoms with Crippen LogP contribution in [0.4, 0.5) is 11.7 Å². The van der Waals surface area contributed by atoms with E-state index in [0.29, 0.717) is 23.8 Å². The Morgan fingerprint density at radius 2 is 1.70 bits per heavy atom. The minimum atomic E-state index is -0.281. The molecular formula is C21H24N4O2. The molecule has 0 bridgehead atoms. The van der Waals surface area contributed by atoms with Gasteiger partial charge in [0, 0.05) is 25.3 Å². The van der Waals surface area contributed by atoms with Gasteiger partial charge in [-0.05, 0) is 41.3 Å². The summed E-state index contributed by atoms with van der Waals surface area (Å²) in [6.45, 7) is 4.33. The second-order valence-electron chi connectivity index (χ2n) is 6.97. The normalized spacial score (nSPS) is 10.9. The van der Waals surface area contributed by atoms with Crippen LogP contribution in [0, 0.1) is 0 Å². The molecule has 0 unspecified atom stereocenters. The summed E-state index contributed by atoms with van der Waals surface area (Å²) in [4.78, 5) is 14.3. The number of anilines is 2. The summed E-state index contributed by atoms with van der Waals surface area (Å²) < 4.78 is 5.56. The predicted octanol–water partition coefficient (Wildman–Crippen LogP) is 4.10. The molecule has 0 fully saturated rings. The number of benzene rings is 2. The first-order chi connectivity index (χ1) is 12.9. The molecule has 1 aromatic heterocycles. The van der Waals surface area contributed by atoms with Gasteiger partial charge in [-0.15, -0.1) is 5.10 Å². The van der Waals surface area contributed by atoms with Gasteiger partial charge < -0.3 is 9.32 Å². The van der Waals surface area contributed by atoms with Crippen molar-refractivity contribution in [2.24, 2.45) is 0 Å². The minimum Gasteiger partial charge on any atom is -0.407 e. The first kappa shape index (κ1) is 18.6. The highest BCUT2D eigenvalue weighted by Gasteiger charge is 2.12. The summed E-state index contributed by atoms with van der Waals surface area (Å²) in [6.07, 6.45) is 0.527. The van der Waals surface area contributed by atoms with Crippen LogP contribution in [-0.4, -0.2) is 30.2 Å². The van der Waals surface area contributed by atoms with Crippen LogP contribution in [0.2, 0.25) is 0 Å². The average Bonchev–Trinajstić information content (AvgIpc) is 3.09. The average molecular weight is 364 g/mol. The zero-order valence-corrected chi connectivity index (χ0v) is 16.1. The Labute approximate surface area is 159 Å². The fourth-order valence-electron chi connectivity index (χ4n) is 2.65. The molecule has 0 radical (unpaired) electrons. The molecular weight excluding hydrogens is 340 g/mol. The van der Waals surface area contributed by atoms with Gasteiger partial charge in [-0.3, -0.25) is 10.1 Å². The van der Waals surface area contributed by atoms with E-state index in [-0.39, 0.29) is 11.9 Å². The Hall–Kier alpha value is -3.15. The number of hydrogen-bond donors (Lipinski definition) is 1. The van der Waals surface area contributed by atoms with Gasteiger partial charge in [0.05, 0.1) is 6.42 Å². The van der Waals surface area contributed by atoms with Gasteiger partial charge in [-0.25, -0.2) is 0 Å². The van der Waals surface area contributed by atoms with Crippen LogP contribution in [0.3, 0.4) is 0 Å². The van der Waals surface area contributed by atoms with Crippen molar-refractivity contribution in [1.29, 1.82) is 0 Å². The summed E-state index contributed by atoms with van der Waals surface area (Å²) in [6, 6.07) is 15.7. The lowest BCUT2D eigenvalue weighted by Gasteiger charge is -2.12. The fourth-order valence-corrected chi connectivity index (χ4v) is 2.65. The van der Waals surface area contributed by atoms with Crippen molar-refractivity contribution in [3.8, 4) is 0 Å². The SMILES string of the molecule is CC(C)c1ccc(Cc2nnc(NC(=O)c3ccc(N(C)C)cc3)o2)cc1. The highest BCUT2D eigenvalue weighted by atomic mass is 16.4. The molecule has 1 amide bonds. The highest BCUT2D eigenvalue weighted by molar-refractivity contribution is 6.03. The van der Waals surface area contributed by atoms with E-state index < -0.39 is 0 Å². The number of nitrogens with zero attached hydrogens (tertiary/aromatic N) is 3. The molecule has 0 aliphatic carbocycles. The molecule has 3 rings (SSSR count). The largest absolute Gasteiger partial charge is 0.407 e. The van der Waals surface area contributed by atoms with Crippen LogP contribution in [0.15, 0.2) is 52.9 Å². The summed E-state index contributed by atoms with van der Waals surface area (Å²) >= 11 is 0. The van der Waals surface area contributed by atoms with E-state index in [2.05, 4.69) is 53.6 Å². The molecule has 1 N–H and O–H groups in total. The Balaban J connectivity index is 1.62. The topological polar surface area (TPSA) is 71.3 Å². The third-order valence-corrected chi connectivity index (χ3v) is 4.33. The van der Waals surface area contributed by atoms with Crippen molar-refractivity contribution in [2.75, 3.05) is 24.3 Å². The van der Waals surface area contributed by atoms with Gasteiger partial charge in [0.25, 0.3) is 5.91 Å². The van der Waals surface area contributed by atoms with Crippen molar-refractivity contribution in [3.63, 3.8) is 0 Å². The van der Waals surface area contributed by atoms with Crippen molar-refractivity contribution in [3.05, 3.63) is 71.1 Å². The fraction of sp³-hybridized carbons (Fsp3) is 0.286. The van der Waals surface area contributed by atoms with E-state index in [4.69, 9.17) is 4.42 Å². The zero-order chi connectivity index (χ0) is 19.4. The summed E-state index contributed by atoms with van der Waals surface area (Å²) in [5.74, 6) is 0.679. The van der Waals surface area contributed by atoms with E-state index >= 15 is 0 Å². The van der Waals surface area contributed by atoms with Crippen molar-refractivity contribution in [2.45, 2.75) is 26.2 Å². The first-order valence-electron chi connectivity index (χ1n) is 8.92. The quantitative estimate of drug-likeness (QED) is 0.713. The number of carbonyl (C=O) groups excluding carboxylic acids is 1. The third kappa shape index (κ3) is 4.73. The molecule has 1 heterocycles. The maximum Gasteiger partial charge on any atom is 0.322 e. The van der Waals surface area contributed by atoms with Crippen LogP contribution < -0.4 is 10.2 Å². The number of nitrogens with one attached hydrogen (secondary N) is 1. The minimum absolute atomic E-state index is 0.102. The van der Waals surface area contributed by atoms with E-state index in [1.165, 1.54) is 5.56 Å². The summed E-state index contributed by atoms with van der Waals surface area (Å²) in [7, 11) is 3.90. The summed E-state index contributed by atoms with van der Waals surface area (Å²) in [5.41, 5.74) is 3.93. The second kappa shape index (κ2) is 8.03. The highest BCUT2D eigenvalue weighted by Crippen LogP contribution is 2.18. The van der Waals surface area contributed by atoms with Crippen LogP contribution in [-0.2, 0) is 6.42 Å². The van der Waals surface area contributed by atoms with Crippen LogP contribution in [0.1, 0.15) is 47.1 Å². The Morgan fingerprint density at radius 1 is 1.04 bits per heavy atom. The molecule has 0 saturated carbocycles. The number of hydrogen-bond acceptors (Lipinski definition) is 5. The molecule has 6 heteroatoms. The molecule has 0 spiro atoms. The molecule has 140 valence electrons. The molecule has 6 nitrogen and oxygen atoms in total. The smallest absolute Gasteiger partial charge is 0.322 e. The van der Waals surface area contributed by atoms with Crippen molar-refractivity contribution < 1.29 is 9.21 Å². The lowest BCUT2D eigenvalue weighted by Crippen LogP contribution is -2.13. The van der Waals surface area contributed by atoms with Gasteiger partial charge in [0.2, 0.25) is 5.89 Å². The lowest BCUT2D eigenvalue weighted by molar-refractivity contribution is 0.102. The maximum absolute atomic E-state index is 12.3. The number of rotatable bonds is 6. The van der Waals surface area contributed by atoms with Gasteiger partial charge in [0.15, 0.2) is 0 Å². The molecule has 0 aliphatic heterocycles. The van der Waals surface area contributed by atoms with Crippen LogP contribution >= 0.6 is 0 Å². The number of aromatic nitrogens is 2. The summed E-state index contributed by atoms with van der Waals surface area (Å²) in [5, 5.41) is 10.6. The second-order valence-corrected chi connectivity index (χ2v) is 6.97. The van der Waals surface area contributed by atoms with E-state index in [1.54, 1.807) is 12.1 Å². The van der Waals surface area contributed by atoms with Crippen LogP contribution in [0.25, 0.3) is 0 Å². The third-order valence-electron chi connectivity index (χ3n) is 4.33. The maximum atomic E-state index is 12.3. The Morgan fingerprint density at radius 3 is 2.30 bits per heavy atom. The number of carbonyl (C=O) groups is 1. The molecule has 27 heavy (non-hydrogen) atoms. The van der Waals surface area contributed by atoms with Gasteiger partial charge >= 0.3 is 6.01 Å². The van der Waals surface area contributed by atoms with Crippen molar-refractivity contribution >= 4 is 17.6 Å². The molecule has 3 aromatic rings. The zero-order valence-electron chi connectivity index (χ0n) is 16.1. The van der Waals surface area contributed by atoms with Crippen molar-refractivity contribution in [1.82, 2.24) is 10.2 Å². The first-order valence-corrected chi connectivity index (χ1v) is 8.92. The Kier molecular flexibility index (Phi) is 5.54. The van der Waals surface area contributed by atoms with Gasteiger partial charge in [-0.1, -0.05) is 43.2 Å². The lowest BCUT2D eigenvalue weighted by atomic mass is 10.0. The van der Waals surface area contributed by atoms with Gasteiger partial charge in [-0.2, -0.15) is 0 Å². The molecule has 0 atom stereocenters. The molecule has 2 aromatic carbocycles. The Bertz CT molecular complexity index is 897. The number of amides is 1. The van der Waals surface area contributed by atoms with E-state index in [1.807, 2.05) is 31.1 Å². The monoisotopic (exact) mass is 364 g/mol. The molecule has 0 aliphatic rings.